The molecule has 11 heteroatoms. The minimum Gasteiger partial charge on any atom is -0.349 e. The second-order valence-corrected chi connectivity index (χ2v) is 7.54. The Kier molecular flexibility index (Phi) is 6.12. The van der Waals surface area contributed by atoms with Crippen molar-refractivity contribution in [2.45, 2.75) is 25.1 Å². The van der Waals surface area contributed by atoms with Crippen LogP contribution in [0, 0.1) is 5.82 Å². The average molecular weight is 461 g/mol. The zero-order valence-electron chi connectivity index (χ0n) is 17.2. The molecule has 3 heterocycles. The number of hydrogen-bond acceptors (Lipinski definition) is 4. The van der Waals surface area contributed by atoms with E-state index in [0.717, 1.165) is 18.3 Å². The van der Waals surface area contributed by atoms with Crippen molar-refractivity contribution < 1.29 is 27.2 Å². The third-order valence-corrected chi connectivity index (χ3v) is 5.41. The third-order valence-electron chi connectivity index (χ3n) is 5.41. The molecule has 2 aromatic heterocycles. The zero-order chi connectivity index (χ0) is 23.6. The van der Waals surface area contributed by atoms with Crippen LogP contribution in [0.25, 0.3) is 5.69 Å². The third kappa shape index (κ3) is 4.71. The molecule has 1 N–H and O–H groups in total. The maximum Gasteiger partial charge on any atom is 0.434 e. The monoisotopic (exact) mass is 461 g/mol. The van der Waals surface area contributed by atoms with Crippen molar-refractivity contribution in [3.8, 4) is 5.69 Å². The molecular weight excluding hydrogens is 442 g/mol. The van der Waals surface area contributed by atoms with E-state index in [-0.39, 0.29) is 5.91 Å². The number of nitrogens with zero attached hydrogens (tertiary/aromatic N) is 4. The molecule has 1 aromatic carbocycles. The van der Waals surface area contributed by atoms with Gasteiger partial charge in [-0.1, -0.05) is 12.1 Å². The quantitative estimate of drug-likeness (QED) is 0.604. The number of carbonyl (C=O) groups excluding carboxylic acids is 2. The number of hydrogen-bond donors (Lipinski definition) is 1. The molecule has 0 atom stereocenters. The Morgan fingerprint density at radius 1 is 1.03 bits per heavy atom. The summed E-state index contributed by atoms with van der Waals surface area (Å²) in [7, 11) is 0. The molecule has 1 saturated heterocycles. The molecule has 1 aliphatic rings. The molecule has 0 bridgehead atoms. The molecule has 1 fully saturated rings. The van der Waals surface area contributed by atoms with Crippen LogP contribution in [-0.2, 0) is 6.18 Å². The first-order chi connectivity index (χ1) is 15.8. The van der Waals surface area contributed by atoms with Crippen LogP contribution in [0.3, 0.4) is 0 Å². The van der Waals surface area contributed by atoms with Gasteiger partial charge in [0.15, 0.2) is 5.69 Å². The number of piperidine rings is 1. The SMILES string of the molecule is O=C(NC1CCN(C(=O)c2ccncc2)CC1)c1cnn(-c2ccccc2F)c1C(F)(F)F. The van der Waals surface area contributed by atoms with Crippen LogP contribution in [0.2, 0.25) is 0 Å². The van der Waals surface area contributed by atoms with Gasteiger partial charge in [-0.25, -0.2) is 9.07 Å². The van der Waals surface area contributed by atoms with Crippen molar-refractivity contribution in [1.29, 1.82) is 0 Å². The Morgan fingerprint density at radius 3 is 2.33 bits per heavy atom. The number of para-hydroxylation sites is 1. The highest BCUT2D eigenvalue weighted by Crippen LogP contribution is 2.34. The molecule has 1 aliphatic heterocycles. The maximum absolute atomic E-state index is 14.1. The van der Waals surface area contributed by atoms with Crippen molar-refractivity contribution in [2.24, 2.45) is 0 Å². The second kappa shape index (κ2) is 9.00. The van der Waals surface area contributed by atoms with Gasteiger partial charge in [0.2, 0.25) is 0 Å². The van der Waals surface area contributed by atoms with Crippen LogP contribution >= 0.6 is 0 Å². The number of alkyl halides is 3. The summed E-state index contributed by atoms with van der Waals surface area (Å²) in [6.07, 6.45) is -0.366. The van der Waals surface area contributed by atoms with E-state index in [0.29, 0.717) is 36.2 Å². The molecule has 3 aromatic rings. The highest BCUT2D eigenvalue weighted by atomic mass is 19.4. The molecule has 33 heavy (non-hydrogen) atoms. The van der Waals surface area contributed by atoms with Crippen molar-refractivity contribution in [1.82, 2.24) is 25.0 Å². The van der Waals surface area contributed by atoms with Gasteiger partial charge in [-0.3, -0.25) is 14.6 Å². The molecule has 4 rings (SSSR count). The van der Waals surface area contributed by atoms with E-state index in [9.17, 15) is 27.2 Å². The van der Waals surface area contributed by atoms with E-state index >= 15 is 0 Å². The fourth-order valence-corrected chi connectivity index (χ4v) is 3.76. The van der Waals surface area contributed by atoms with E-state index in [1.807, 2.05) is 0 Å². The largest absolute Gasteiger partial charge is 0.434 e. The van der Waals surface area contributed by atoms with Crippen molar-refractivity contribution >= 4 is 11.8 Å². The van der Waals surface area contributed by atoms with Gasteiger partial charge < -0.3 is 10.2 Å². The highest BCUT2D eigenvalue weighted by molar-refractivity contribution is 5.96. The predicted octanol–water partition coefficient (Wildman–Crippen LogP) is 3.46. The lowest BCUT2D eigenvalue weighted by atomic mass is 10.0. The Morgan fingerprint density at radius 2 is 1.70 bits per heavy atom. The molecule has 0 radical (unpaired) electrons. The number of rotatable bonds is 4. The summed E-state index contributed by atoms with van der Waals surface area (Å²) in [5.41, 5.74) is -1.97. The Bertz CT molecular complexity index is 1160. The molecule has 2 amide bonds. The van der Waals surface area contributed by atoms with Crippen LogP contribution in [0.15, 0.2) is 55.0 Å². The van der Waals surface area contributed by atoms with Gasteiger partial charge in [-0.2, -0.15) is 18.3 Å². The van der Waals surface area contributed by atoms with E-state index in [1.54, 1.807) is 17.0 Å². The molecule has 0 spiro atoms. The van der Waals surface area contributed by atoms with Crippen LogP contribution < -0.4 is 5.32 Å². The van der Waals surface area contributed by atoms with Crippen molar-refractivity contribution in [2.75, 3.05) is 13.1 Å². The van der Waals surface area contributed by atoms with Crippen molar-refractivity contribution in [3.05, 3.63) is 77.6 Å². The Balaban J connectivity index is 1.47. The molecule has 0 unspecified atom stereocenters. The van der Waals surface area contributed by atoms with Gasteiger partial charge in [0.25, 0.3) is 11.8 Å². The van der Waals surface area contributed by atoms with E-state index in [1.165, 1.54) is 24.5 Å². The lowest BCUT2D eigenvalue weighted by molar-refractivity contribution is -0.143. The standard InChI is InChI=1S/C22H19F4N5O2/c23-17-3-1-2-4-18(17)31-19(22(24,25)26)16(13-28-31)20(32)29-15-7-11-30(12-8-15)21(33)14-5-9-27-10-6-14/h1-6,9-10,13,15H,7-8,11-12H2,(H,29,32). The van der Waals surface area contributed by atoms with Gasteiger partial charge in [0.05, 0.1) is 11.8 Å². The normalized spacial score (nSPS) is 14.8. The zero-order valence-corrected chi connectivity index (χ0v) is 17.2. The minimum absolute atomic E-state index is 0.173. The summed E-state index contributed by atoms with van der Waals surface area (Å²) < 4.78 is 55.8. The van der Waals surface area contributed by atoms with Crippen LogP contribution in [0.1, 0.15) is 39.3 Å². The minimum atomic E-state index is -4.94. The molecule has 7 nitrogen and oxygen atoms in total. The van der Waals surface area contributed by atoms with Crippen LogP contribution in [-0.4, -0.2) is 50.6 Å². The number of halogens is 4. The van der Waals surface area contributed by atoms with E-state index in [2.05, 4.69) is 15.4 Å². The highest BCUT2D eigenvalue weighted by Gasteiger charge is 2.41. The number of pyridine rings is 1. The predicted molar refractivity (Wildman–Crippen MR) is 109 cm³/mol. The van der Waals surface area contributed by atoms with Gasteiger partial charge in [0.1, 0.15) is 11.5 Å². The number of nitrogens with one attached hydrogen (secondary N) is 1. The van der Waals surface area contributed by atoms with Gasteiger partial charge in [-0.05, 0) is 37.1 Å². The number of likely N-dealkylation sites (tertiary alicyclic amines) is 1. The fraction of sp³-hybridized carbons (Fsp3) is 0.273. The number of amides is 2. The first kappa shape index (κ1) is 22.4. The van der Waals surface area contributed by atoms with Crippen LogP contribution in [0.4, 0.5) is 17.6 Å². The molecular formula is C22H19F4N5O2. The Labute approximate surface area is 186 Å². The maximum atomic E-state index is 14.1. The summed E-state index contributed by atoms with van der Waals surface area (Å²) in [4.78, 5) is 30.7. The Hall–Kier alpha value is -3.76. The summed E-state index contributed by atoms with van der Waals surface area (Å²) in [6, 6.07) is 7.66. The number of carbonyl (C=O) groups is 2. The second-order valence-electron chi connectivity index (χ2n) is 7.54. The topological polar surface area (TPSA) is 80.1 Å². The summed E-state index contributed by atoms with van der Waals surface area (Å²) in [6.45, 7) is 0.680. The van der Waals surface area contributed by atoms with Crippen LogP contribution in [0.5, 0.6) is 0 Å². The number of benzene rings is 1. The molecule has 0 saturated carbocycles. The number of aromatic nitrogens is 3. The van der Waals surface area contributed by atoms with E-state index in [4.69, 9.17) is 0 Å². The summed E-state index contributed by atoms with van der Waals surface area (Å²) in [5.74, 6) is -2.03. The molecule has 172 valence electrons. The molecule has 0 aliphatic carbocycles. The first-order valence-electron chi connectivity index (χ1n) is 10.2. The van der Waals surface area contributed by atoms with Gasteiger partial charge in [-0.15, -0.1) is 0 Å². The first-order valence-corrected chi connectivity index (χ1v) is 10.2. The smallest absolute Gasteiger partial charge is 0.349 e. The summed E-state index contributed by atoms with van der Waals surface area (Å²) in [5, 5.41) is 6.23. The van der Waals surface area contributed by atoms with Gasteiger partial charge in [0, 0.05) is 37.1 Å². The van der Waals surface area contributed by atoms with E-state index < -0.39 is 40.9 Å². The van der Waals surface area contributed by atoms with Crippen molar-refractivity contribution in [3.63, 3.8) is 0 Å². The summed E-state index contributed by atoms with van der Waals surface area (Å²) >= 11 is 0. The fourth-order valence-electron chi connectivity index (χ4n) is 3.76. The van der Waals surface area contributed by atoms with Gasteiger partial charge >= 0.3 is 6.18 Å². The lowest BCUT2D eigenvalue weighted by Gasteiger charge is -2.32. The average Bonchev–Trinajstić information content (AvgIpc) is 3.26. The lowest BCUT2D eigenvalue weighted by Crippen LogP contribution is -2.46.